The molecule has 0 atom stereocenters. The average molecular weight is 396 g/mol. The molecule has 0 saturated heterocycles. The molecule has 0 bridgehead atoms. The minimum absolute atomic E-state index is 0.643. The summed E-state index contributed by atoms with van der Waals surface area (Å²) in [6.07, 6.45) is 3.42. The van der Waals surface area contributed by atoms with Gasteiger partial charge in [0.05, 0.1) is 0 Å². The maximum Gasteiger partial charge on any atom is 0.331 e. The van der Waals surface area contributed by atoms with Gasteiger partial charge in [0.15, 0.2) is 26.9 Å². The van der Waals surface area contributed by atoms with E-state index >= 15 is 0 Å². The Morgan fingerprint density at radius 1 is 0.536 bits per heavy atom. The van der Waals surface area contributed by atoms with Crippen LogP contribution in [-0.2, 0) is 38.1 Å². The first-order valence-electron chi connectivity index (χ1n) is 7.49. The monoisotopic (exact) mass is 396 g/mol. The quantitative estimate of drug-likeness (QED) is 0.200. The molecule has 0 aliphatic heterocycles. The van der Waals surface area contributed by atoms with Gasteiger partial charge in [-0.1, -0.05) is 26.3 Å². The highest BCUT2D eigenvalue weighted by Gasteiger charge is 2.25. The van der Waals surface area contributed by atoms with Crippen LogP contribution in [0, 0.1) is 0 Å². The smallest absolute Gasteiger partial charge is 0.331 e. The van der Waals surface area contributed by atoms with Gasteiger partial charge in [-0.05, 0) is 0 Å². The predicted molar refractivity (Wildman–Crippen MR) is 93.7 cm³/mol. The molecular weight excluding hydrogens is 376 g/mol. The first-order chi connectivity index (χ1) is 13.3. The fraction of sp³-hybridized carbons (Fsp3) is 0.235. The fourth-order valence-electron chi connectivity index (χ4n) is 1.30. The molecule has 0 N–H and O–H groups in total. The molecule has 11 heteroatoms. The van der Waals surface area contributed by atoms with Gasteiger partial charge in [0.1, 0.15) is 0 Å². The number of ether oxygens (including phenoxy) is 4. The highest BCUT2D eigenvalue weighted by atomic mass is 16.6. The van der Waals surface area contributed by atoms with Crippen LogP contribution in [0.15, 0.2) is 50.6 Å². The minimum Gasteiger partial charge on any atom is -0.441 e. The van der Waals surface area contributed by atoms with Gasteiger partial charge in [-0.3, -0.25) is 9.80 Å². The van der Waals surface area contributed by atoms with Crippen molar-refractivity contribution in [1.29, 1.82) is 0 Å². The standard InChI is InChI=1S/C17H20N2O9/c1-5-13(20)25-9-18(10-26-14(21)6-2)17(24)19(11-27-15(22)7-3)12-28-16(23)8-4/h5-8H,1-4,9-12H2. The average Bonchev–Trinajstić information content (AvgIpc) is 2.71. The van der Waals surface area contributed by atoms with Gasteiger partial charge in [0.2, 0.25) is 0 Å². The van der Waals surface area contributed by atoms with E-state index < -0.39 is 56.8 Å². The van der Waals surface area contributed by atoms with Crippen molar-refractivity contribution in [3.05, 3.63) is 50.6 Å². The Hall–Kier alpha value is -3.89. The van der Waals surface area contributed by atoms with Crippen LogP contribution < -0.4 is 0 Å². The lowest BCUT2D eigenvalue weighted by Crippen LogP contribution is -2.47. The molecule has 0 heterocycles. The number of urea groups is 1. The first-order valence-corrected chi connectivity index (χ1v) is 7.49. The molecule has 0 aromatic carbocycles. The highest BCUT2D eigenvalue weighted by molar-refractivity contribution is 5.83. The Bertz CT molecular complexity index is 555. The van der Waals surface area contributed by atoms with Crippen LogP contribution in [-0.4, -0.2) is 66.6 Å². The molecule has 0 aromatic rings. The molecule has 0 aliphatic rings. The third-order valence-electron chi connectivity index (χ3n) is 2.66. The topological polar surface area (TPSA) is 129 Å². The molecule has 2 amide bonds. The summed E-state index contributed by atoms with van der Waals surface area (Å²) < 4.78 is 19.0. The largest absolute Gasteiger partial charge is 0.441 e. The maximum absolute atomic E-state index is 12.6. The van der Waals surface area contributed by atoms with E-state index in [9.17, 15) is 24.0 Å². The van der Waals surface area contributed by atoms with Gasteiger partial charge in [-0.15, -0.1) is 0 Å². The van der Waals surface area contributed by atoms with Crippen molar-refractivity contribution in [2.45, 2.75) is 0 Å². The lowest BCUT2D eigenvalue weighted by Gasteiger charge is -2.28. The molecule has 0 radical (unpaired) electrons. The van der Waals surface area contributed by atoms with Crippen LogP contribution in [0.4, 0.5) is 4.79 Å². The zero-order valence-electron chi connectivity index (χ0n) is 15.0. The third kappa shape index (κ3) is 9.56. The van der Waals surface area contributed by atoms with E-state index in [4.69, 9.17) is 18.9 Å². The summed E-state index contributed by atoms with van der Waals surface area (Å²) in [5, 5.41) is 0. The Labute approximate surface area is 161 Å². The number of hydrogen-bond donors (Lipinski definition) is 0. The van der Waals surface area contributed by atoms with E-state index in [1.807, 2.05) is 0 Å². The normalized spacial score (nSPS) is 9.14. The van der Waals surface area contributed by atoms with Crippen molar-refractivity contribution in [3.8, 4) is 0 Å². The Balaban J connectivity index is 5.32. The van der Waals surface area contributed by atoms with Gasteiger partial charge in [-0.25, -0.2) is 24.0 Å². The molecule has 0 aliphatic carbocycles. The van der Waals surface area contributed by atoms with Crippen molar-refractivity contribution in [2.75, 3.05) is 26.9 Å². The number of hydrogen-bond acceptors (Lipinski definition) is 9. The summed E-state index contributed by atoms with van der Waals surface area (Å²) in [7, 11) is 0. The van der Waals surface area contributed by atoms with E-state index in [2.05, 4.69) is 26.3 Å². The molecule has 0 spiro atoms. The Kier molecular flexibility index (Phi) is 11.5. The highest BCUT2D eigenvalue weighted by Crippen LogP contribution is 2.04. The SMILES string of the molecule is C=CC(=O)OCN(COC(=O)C=C)C(=O)N(COC(=O)C=C)COC(=O)C=C. The zero-order chi connectivity index (χ0) is 21.5. The van der Waals surface area contributed by atoms with Gasteiger partial charge < -0.3 is 18.9 Å². The van der Waals surface area contributed by atoms with Crippen molar-refractivity contribution in [3.63, 3.8) is 0 Å². The maximum atomic E-state index is 12.6. The lowest BCUT2D eigenvalue weighted by molar-refractivity contribution is -0.151. The summed E-state index contributed by atoms with van der Waals surface area (Å²) in [4.78, 5) is 59.1. The molecule has 0 saturated carbocycles. The number of nitrogens with zero attached hydrogens (tertiary/aromatic N) is 2. The second kappa shape index (κ2) is 13.3. The number of rotatable bonds is 12. The van der Waals surface area contributed by atoms with Crippen molar-refractivity contribution >= 4 is 29.9 Å². The summed E-state index contributed by atoms with van der Waals surface area (Å²) in [6.45, 7) is 10.2. The van der Waals surface area contributed by atoms with Crippen LogP contribution in [0.1, 0.15) is 0 Å². The lowest BCUT2D eigenvalue weighted by atomic mass is 10.6. The summed E-state index contributed by atoms with van der Waals surface area (Å²) in [5.41, 5.74) is 0. The van der Waals surface area contributed by atoms with Crippen LogP contribution in [0.5, 0.6) is 0 Å². The molecule has 0 unspecified atom stereocenters. The Morgan fingerprint density at radius 3 is 0.929 bits per heavy atom. The number of amides is 2. The van der Waals surface area contributed by atoms with Crippen LogP contribution in [0.3, 0.4) is 0 Å². The van der Waals surface area contributed by atoms with Gasteiger partial charge in [-0.2, -0.15) is 0 Å². The predicted octanol–water partition coefficient (Wildman–Crippen LogP) is 0.457. The molecule has 152 valence electrons. The summed E-state index contributed by atoms with van der Waals surface area (Å²) in [5.74, 6) is -3.41. The molecular formula is C17H20N2O9. The van der Waals surface area contributed by atoms with Crippen LogP contribution in [0.2, 0.25) is 0 Å². The molecule has 28 heavy (non-hydrogen) atoms. The zero-order valence-corrected chi connectivity index (χ0v) is 15.0. The molecule has 0 fully saturated rings. The van der Waals surface area contributed by atoms with E-state index in [1.165, 1.54) is 0 Å². The summed E-state index contributed by atoms with van der Waals surface area (Å²) >= 11 is 0. The fourth-order valence-corrected chi connectivity index (χ4v) is 1.30. The first kappa shape index (κ1) is 24.1. The number of carbonyl (C=O) groups excluding carboxylic acids is 5. The minimum atomic E-state index is -0.956. The Morgan fingerprint density at radius 2 is 0.750 bits per heavy atom. The van der Waals surface area contributed by atoms with E-state index in [1.54, 1.807) is 0 Å². The van der Waals surface area contributed by atoms with Crippen LogP contribution in [0.25, 0.3) is 0 Å². The van der Waals surface area contributed by atoms with Crippen molar-refractivity contribution in [1.82, 2.24) is 9.80 Å². The van der Waals surface area contributed by atoms with Gasteiger partial charge in [0, 0.05) is 24.3 Å². The van der Waals surface area contributed by atoms with Crippen LogP contribution >= 0.6 is 0 Å². The number of esters is 4. The van der Waals surface area contributed by atoms with E-state index in [0.717, 1.165) is 34.1 Å². The van der Waals surface area contributed by atoms with E-state index in [-0.39, 0.29) is 0 Å². The third-order valence-corrected chi connectivity index (χ3v) is 2.66. The van der Waals surface area contributed by atoms with Crippen molar-refractivity contribution < 1.29 is 42.9 Å². The molecule has 0 aromatic heterocycles. The summed E-state index contributed by atoms with van der Waals surface area (Å²) in [6, 6.07) is -0.956. The van der Waals surface area contributed by atoms with E-state index in [0.29, 0.717) is 0 Å². The van der Waals surface area contributed by atoms with Gasteiger partial charge in [0.25, 0.3) is 0 Å². The second-order valence-corrected chi connectivity index (χ2v) is 4.55. The van der Waals surface area contributed by atoms with Crippen molar-refractivity contribution in [2.24, 2.45) is 0 Å². The second-order valence-electron chi connectivity index (χ2n) is 4.55. The number of carbonyl (C=O) groups is 5. The molecule has 0 rings (SSSR count). The van der Waals surface area contributed by atoms with Gasteiger partial charge >= 0.3 is 29.9 Å². The molecule has 11 nitrogen and oxygen atoms in total.